The molecule has 0 aromatic heterocycles. The number of benzene rings is 1. The minimum absolute atomic E-state index is 0.0465. The first-order chi connectivity index (χ1) is 15.9. The summed E-state index contributed by atoms with van der Waals surface area (Å²) in [6.45, 7) is 8.43. The molecule has 0 aliphatic carbocycles. The van der Waals surface area contributed by atoms with Gasteiger partial charge in [-0.15, -0.1) is 0 Å². The molecule has 0 bridgehead atoms. The van der Waals surface area contributed by atoms with E-state index in [-0.39, 0.29) is 30.7 Å². The van der Waals surface area contributed by atoms with Gasteiger partial charge in [0, 0.05) is 37.4 Å². The third-order valence-corrected chi connectivity index (χ3v) is 5.28. The molecular weight excluding hydrogens is 424 g/mol. The van der Waals surface area contributed by atoms with Crippen LogP contribution in [0.2, 0.25) is 0 Å². The van der Waals surface area contributed by atoms with Crippen LogP contribution in [0.25, 0.3) is 0 Å². The largest absolute Gasteiger partial charge is 0.466 e. The standard InChI is InChI=1S/C24H36N4O5/c1-4-11-27(12-5-2)24(32)18-8-7-9-19(15-18)26-21(29)17-28-13-10-25-23(31)20(28)16-22(30)33-14-6-3/h7-9,15,20H,4-6,10-14,16-17H2,1-3H3,(H,25,31)(H,26,29). The zero-order chi connectivity index (χ0) is 24.2. The number of carbonyl (C=O) groups excluding carboxylic acids is 4. The summed E-state index contributed by atoms with van der Waals surface area (Å²) in [5.41, 5.74) is 1.03. The molecule has 9 nitrogen and oxygen atoms in total. The maximum atomic E-state index is 12.9. The van der Waals surface area contributed by atoms with Crippen LogP contribution < -0.4 is 10.6 Å². The van der Waals surface area contributed by atoms with E-state index in [9.17, 15) is 19.2 Å². The molecule has 1 saturated heterocycles. The molecule has 1 unspecified atom stereocenters. The molecule has 3 amide bonds. The molecule has 0 spiro atoms. The van der Waals surface area contributed by atoms with Crippen molar-refractivity contribution in [1.82, 2.24) is 15.1 Å². The van der Waals surface area contributed by atoms with Crippen LogP contribution in [0.3, 0.4) is 0 Å². The molecule has 0 saturated carbocycles. The predicted octanol–water partition coefficient (Wildman–Crippen LogP) is 2.03. The van der Waals surface area contributed by atoms with Gasteiger partial charge in [0.15, 0.2) is 0 Å². The van der Waals surface area contributed by atoms with Crippen molar-refractivity contribution in [1.29, 1.82) is 0 Å². The number of hydrogen-bond donors (Lipinski definition) is 2. The Bertz CT molecular complexity index is 823. The van der Waals surface area contributed by atoms with E-state index in [1.165, 1.54) is 0 Å². The number of rotatable bonds is 12. The van der Waals surface area contributed by atoms with Crippen molar-refractivity contribution in [3.05, 3.63) is 29.8 Å². The topological polar surface area (TPSA) is 108 Å². The Labute approximate surface area is 195 Å². The summed E-state index contributed by atoms with van der Waals surface area (Å²) in [6.07, 6.45) is 2.34. The normalized spacial score (nSPS) is 16.1. The second-order valence-corrected chi connectivity index (χ2v) is 8.12. The number of hydrogen-bond acceptors (Lipinski definition) is 6. The molecule has 1 atom stereocenters. The molecule has 1 aliphatic heterocycles. The van der Waals surface area contributed by atoms with E-state index in [4.69, 9.17) is 4.74 Å². The first-order valence-corrected chi connectivity index (χ1v) is 11.8. The lowest BCUT2D eigenvalue weighted by Crippen LogP contribution is -2.57. The van der Waals surface area contributed by atoms with Gasteiger partial charge in [-0.3, -0.25) is 24.1 Å². The summed E-state index contributed by atoms with van der Waals surface area (Å²) in [5.74, 6) is -1.13. The fraction of sp³-hybridized carbons (Fsp3) is 0.583. The van der Waals surface area contributed by atoms with E-state index in [2.05, 4.69) is 10.6 Å². The number of nitrogens with zero attached hydrogens (tertiary/aromatic N) is 2. The highest BCUT2D eigenvalue weighted by Gasteiger charge is 2.33. The summed E-state index contributed by atoms with van der Waals surface area (Å²) in [6, 6.07) is 6.11. The van der Waals surface area contributed by atoms with Crippen LogP contribution in [0.5, 0.6) is 0 Å². The van der Waals surface area contributed by atoms with Crippen LogP contribution in [-0.2, 0) is 19.1 Å². The first-order valence-electron chi connectivity index (χ1n) is 11.8. The van der Waals surface area contributed by atoms with Crippen LogP contribution in [0.15, 0.2) is 24.3 Å². The fourth-order valence-electron chi connectivity index (χ4n) is 3.76. The van der Waals surface area contributed by atoms with Crippen LogP contribution in [0, 0.1) is 0 Å². The molecule has 1 aliphatic rings. The highest BCUT2D eigenvalue weighted by atomic mass is 16.5. The Morgan fingerprint density at radius 3 is 2.55 bits per heavy atom. The molecule has 1 fully saturated rings. The minimum atomic E-state index is -0.751. The zero-order valence-electron chi connectivity index (χ0n) is 19.9. The summed E-state index contributed by atoms with van der Waals surface area (Å²) < 4.78 is 5.10. The number of piperazine rings is 1. The van der Waals surface area contributed by atoms with E-state index in [0.717, 1.165) is 12.8 Å². The van der Waals surface area contributed by atoms with Gasteiger partial charge in [-0.25, -0.2) is 0 Å². The quantitative estimate of drug-likeness (QED) is 0.462. The van der Waals surface area contributed by atoms with Crippen LogP contribution in [0.4, 0.5) is 5.69 Å². The van der Waals surface area contributed by atoms with Gasteiger partial charge in [0.1, 0.15) is 6.04 Å². The lowest BCUT2D eigenvalue weighted by molar-refractivity contribution is -0.148. The van der Waals surface area contributed by atoms with Gasteiger partial charge in [-0.1, -0.05) is 26.8 Å². The number of esters is 1. The van der Waals surface area contributed by atoms with Crippen molar-refractivity contribution >= 4 is 29.4 Å². The lowest BCUT2D eigenvalue weighted by Gasteiger charge is -2.33. The second-order valence-electron chi connectivity index (χ2n) is 8.12. The summed E-state index contributed by atoms with van der Waals surface area (Å²) in [7, 11) is 0. The summed E-state index contributed by atoms with van der Waals surface area (Å²) in [4.78, 5) is 53.4. The predicted molar refractivity (Wildman–Crippen MR) is 126 cm³/mol. The molecular formula is C24H36N4O5. The average Bonchev–Trinajstić information content (AvgIpc) is 2.79. The third-order valence-electron chi connectivity index (χ3n) is 5.28. The molecule has 182 valence electrons. The molecule has 33 heavy (non-hydrogen) atoms. The van der Waals surface area contributed by atoms with Crippen molar-refractivity contribution in [3.63, 3.8) is 0 Å². The van der Waals surface area contributed by atoms with Crippen LogP contribution in [-0.4, -0.2) is 78.9 Å². The third kappa shape index (κ3) is 8.16. The van der Waals surface area contributed by atoms with Crippen molar-refractivity contribution in [2.24, 2.45) is 0 Å². The van der Waals surface area contributed by atoms with E-state index in [0.29, 0.717) is 50.5 Å². The number of ether oxygens (including phenoxy) is 1. The highest BCUT2D eigenvalue weighted by molar-refractivity contribution is 5.98. The van der Waals surface area contributed by atoms with Crippen molar-refractivity contribution in [2.45, 2.75) is 52.5 Å². The number of carbonyl (C=O) groups is 4. The van der Waals surface area contributed by atoms with E-state index in [1.807, 2.05) is 25.7 Å². The number of anilines is 1. The molecule has 1 heterocycles. The highest BCUT2D eigenvalue weighted by Crippen LogP contribution is 2.15. The van der Waals surface area contributed by atoms with Gasteiger partial charge in [-0.2, -0.15) is 0 Å². The Kier molecular flexibility index (Phi) is 10.8. The van der Waals surface area contributed by atoms with E-state index >= 15 is 0 Å². The monoisotopic (exact) mass is 460 g/mol. The van der Waals surface area contributed by atoms with Gasteiger partial charge in [0.2, 0.25) is 11.8 Å². The van der Waals surface area contributed by atoms with E-state index in [1.54, 1.807) is 29.2 Å². The fourth-order valence-corrected chi connectivity index (χ4v) is 3.76. The maximum absolute atomic E-state index is 12.9. The lowest BCUT2D eigenvalue weighted by atomic mass is 10.1. The van der Waals surface area contributed by atoms with Gasteiger partial charge in [-0.05, 0) is 37.5 Å². The zero-order valence-corrected chi connectivity index (χ0v) is 19.9. The second kappa shape index (κ2) is 13.6. The minimum Gasteiger partial charge on any atom is -0.466 e. The van der Waals surface area contributed by atoms with Crippen molar-refractivity contribution in [2.75, 3.05) is 44.6 Å². The Balaban J connectivity index is 2.02. The van der Waals surface area contributed by atoms with Gasteiger partial charge < -0.3 is 20.3 Å². The Morgan fingerprint density at radius 2 is 1.88 bits per heavy atom. The summed E-state index contributed by atoms with van der Waals surface area (Å²) in [5, 5.41) is 5.55. The molecule has 9 heteroatoms. The Hall–Kier alpha value is -2.94. The van der Waals surface area contributed by atoms with Crippen molar-refractivity contribution < 1.29 is 23.9 Å². The molecule has 0 radical (unpaired) electrons. The SMILES string of the molecule is CCCOC(=O)CC1C(=O)NCCN1CC(=O)Nc1cccc(C(=O)N(CCC)CCC)c1. The maximum Gasteiger partial charge on any atom is 0.307 e. The first kappa shape index (κ1) is 26.3. The van der Waals surface area contributed by atoms with Crippen LogP contribution >= 0.6 is 0 Å². The molecule has 2 N–H and O–H groups in total. The van der Waals surface area contributed by atoms with Gasteiger partial charge >= 0.3 is 5.97 Å². The van der Waals surface area contributed by atoms with Gasteiger partial charge in [0.05, 0.1) is 19.6 Å². The number of amides is 3. The Morgan fingerprint density at radius 1 is 1.15 bits per heavy atom. The number of nitrogens with one attached hydrogen (secondary N) is 2. The average molecular weight is 461 g/mol. The smallest absolute Gasteiger partial charge is 0.307 e. The summed E-state index contributed by atoms with van der Waals surface area (Å²) >= 11 is 0. The van der Waals surface area contributed by atoms with Crippen molar-refractivity contribution in [3.8, 4) is 0 Å². The van der Waals surface area contributed by atoms with Gasteiger partial charge in [0.25, 0.3) is 5.91 Å². The molecule has 2 rings (SSSR count). The van der Waals surface area contributed by atoms with Crippen LogP contribution in [0.1, 0.15) is 56.8 Å². The van der Waals surface area contributed by atoms with E-state index < -0.39 is 12.0 Å². The molecule has 1 aromatic carbocycles. The molecule has 1 aromatic rings.